The summed E-state index contributed by atoms with van der Waals surface area (Å²) in [6, 6.07) is 0. The van der Waals surface area contributed by atoms with Crippen LogP contribution >= 0.6 is 0 Å². The molecule has 1 amide bonds. The molecule has 2 N–H and O–H groups in total. The van der Waals surface area contributed by atoms with Crippen LogP contribution < -0.4 is 10.6 Å². The minimum absolute atomic E-state index is 0.0522. The molecule has 0 radical (unpaired) electrons. The summed E-state index contributed by atoms with van der Waals surface area (Å²) in [7, 11) is 0. The molecular weight excluding hydrogens is 180 g/mol. The van der Waals surface area contributed by atoms with Gasteiger partial charge in [0.25, 0.3) is 0 Å². The lowest BCUT2D eigenvalue weighted by atomic mass is 10.3. The highest BCUT2D eigenvalue weighted by molar-refractivity contribution is 5.75. The first-order chi connectivity index (χ1) is 6.81. The van der Waals surface area contributed by atoms with E-state index in [4.69, 9.17) is 4.74 Å². The number of ether oxygens (including phenoxy) is 1. The Morgan fingerprint density at radius 2 is 2.14 bits per heavy atom. The Morgan fingerprint density at radius 1 is 1.36 bits per heavy atom. The third-order valence-corrected chi connectivity index (χ3v) is 1.50. The van der Waals surface area contributed by atoms with E-state index in [0.717, 1.165) is 6.42 Å². The van der Waals surface area contributed by atoms with Gasteiger partial charge < -0.3 is 10.1 Å². The Hall–Kier alpha value is -1.29. The molecule has 0 rings (SSSR count). The Labute approximate surface area is 85.0 Å². The average molecular weight is 198 g/mol. The van der Waals surface area contributed by atoms with Crippen molar-refractivity contribution in [1.82, 2.24) is 10.6 Å². The van der Waals surface area contributed by atoms with E-state index in [1.807, 2.05) is 0 Å². The number of rotatable bonds is 9. The molecule has 0 aromatic carbocycles. The molecule has 0 aromatic heterocycles. The van der Waals surface area contributed by atoms with Gasteiger partial charge in [-0.15, -0.1) is 6.58 Å². The predicted octanol–water partition coefficient (Wildman–Crippen LogP) is 0.776. The quantitative estimate of drug-likeness (QED) is 0.249. The molecule has 0 unspecified atom stereocenters. The van der Waals surface area contributed by atoms with Crippen LogP contribution in [-0.2, 0) is 9.53 Å². The lowest BCUT2D eigenvalue weighted by Gasteiger charge is -2.05. The van der Waals surface area contributed by atoms with Gasteiger partial charge in [-0.1, -0.05) is 12.7 Å². The van der Waals surface area contributed by atoms with Crippen molar-refractivity contribution < 1.29 is 9.53 Å². The number of hydrogen-bond donors (Lipinski definition) is 2. The number of carbonyl (C=O) groups is 1. The fourth-order valence-electron chi connectivity index (χ4n) is 0.802. The predicted molar refractivity (Wildman–Crippen MR) is 56.6 cm³/mol. The molecule has 14 heavy (non-hydrogen) atoms. The van der Waals surface area contributed by atoms with Crippen molar-refractivity contribution >= 4 is 5.91 Å². The van der Waals surface area contributed by atoms with Crippen LogP contribution in [0.25, 0.3) is 0 Å². The summed E-state index contributed by atoms with van der Waals surface area (Å²) in [4.78, 5) is 11.1. The lowest BCUT2D eigenvalue weighted by Crippen LogP contribution is -2.32. The second-order valence-electron chi connectivity index (χ2n) is 2.65. The van der Waals surface area contributed by atoms with E-state index in [0.29, 0.717) is 26.2 Å². The zero-order chi connectivity index (χ0) is 10.6. The largest absolute Gasteiger partial charge is 0.487 e. The van der Waals surface area contributed by atoms with Crippen molar-refractivity contribution in [2.24, 2.45) is 0 Å². The van der Waals surface area contributed by atoms with Crippen LogP contribution in [0, 0.1) is 0 Å². The third-order valence-electron chi connectivity index (χ3n) is 1.50. The van der Waals surface area contributed by atoms with Crippen molar-refractivity contribution in [2.45, 2.75) is 12.8 Å². The minimum Gasteiger partial charge on any atom is -0.487 e. The van der Waals surface area contributed by atoms with E-state index in [-0.39, 0.29) is 5.91 Å². The summed E-state index contributed by atoms with van der Waals surface area (Å²) in [6.45, 7) is 8.66. The van der Waals surface area contributed by atoms with Crippen LogP contribution in [-0.4, -0.2) is 25.7 Å². The molecule has 0 aliphatic rings. The molecule has 0 heterocycles. The van der Waals surface area contributed by atoms with Gasteiger partial charge in [-0.05, 0) is 6.42 Å². The molecule has 0 aliphatic heterocycles. The van der Waals surface area contributed by atoms with E-state index >= 15 is 0 Å². The fraction of sp³-hybridized carbons (Fsp3) is 0.500. The molecule has 0 atom stereocenters. The van der Waals surface area contributed by atoms with Gasteiger partial charge in [0.2, 0.25) is 5.91 Å². The molecule has 0 aromatic rings. The molecule has 0 aliphatic carbocycles. The molecule has 0 saturated carbocycles. The van der Waals surface area contributed by atoms with E-state index < -0.39 is 0 Å². The molecule has 0 fully saturated rings. The highest BCUT2D eigenvalue weighted by Crippen LogP contribution is 1.87. The maximum atomic E-state index is 11.1. The smallest absolute Gasteiger partial charge is 0.220 e. The zero-order valence-electron chi connectivity index (χ0n) is 8.42. The summed E-state index contributed by atoms with van der Waals surface area (Å²) in [5.41, 5.74) is 0. The first-order valence-electron chi connectivity index (χ1n) is 4.62. The van der Waals surface area contributed by atoms with Crippen molar-refractivity contribution in [3.63, 3.8) is 0 Å². The van der Waals surface area contributed by atoms with Gasteiger partial charge in [0.15, 0.2) is 0 Å². The zero-order valence-corrected chi connectivity index (χ0v) is 8.42. The fourth-order valence-corrected chi connectivity index (χ4v) is 0.802. The third kappa shape index (κ3) is 8.80. The molecule has 4 heteroatoms. The number of amides is 1. The highest BCUT2D eigenvalue weighted by atomic mass is 16.5. The van der Waals surface area contributed by atoms with Gasteiger partial charge in [0.1, 0.15) is 6.73 Å². The topological polar surface area (TPSA) is 50.4 Å². The van der Waals surface area contributed by atoms with Crippen LogP contribution in [0.1, 0.15) is 12.8 Å². The molecule has 0 saturated heterocycles. The Balaban J connectivity index is 3.14. The molecule has 4 nitrogen and oxygen atoms in total. The van der Waals surface area contributed by atoms with Gasteiger partial charge in [0.05, 0.1) is 6.26 Å². The van der Waals surface area contributed by atoms with Gasteiger partial charge in [-0.25, -0.2) is 0 Å². The molecular formula is C10H18N2O2. The SMILES string of the molecule is C=CCCC(=O)NCCNCOC=C. The normalized spacial score (nSPS) is 9.14. The van der Waals surface area contributed by atoms with Crippen molar-refractivity contribution in [3.8, 4) is 0 Å². The van der Waals surface area contributed by atoms with Gasteiger partial charge in [-0.2, -0.15) is 0 Å². The molecule has 0 bridgehead atoms. The maximum absolute atomic E-state index is 11.1. The summed E-state index contributed by atoms with van der Waals surface area (Å²) >= 11 is 0. The van der Waals surface area contributed by atoms with E-state index in [2.05, 4.69) is 23.8 Å². The maximum Gasteiger partial charge on any atom is 0.220 e. The molecule has 0 spiro atoms. The second-order valence-corrected chi connectivity index (χ2v) is 2.65. The number of allylic oxidation sites excluding steroid dienone is 1. The summed E-state index contributed by atoms with van der Waals surface area (Å²) in [5.74, 6) is 0.0522. The van der Waals surface area contributed by atoms with Crippen LogP contribution in [0.3, 0.4) is 0 Å². The minimum atomic E-state index is 0.0522. The number of hydrogen-bond acceptors (Lipinski definition) is 3. The van der Waals surface area contributed by atoms with E-state index in [1.54, 1.807) is 6.08 Å². The summed E-state index contributed by atoms with van der Waals surface area (Å²) < 4.78 is 4.83. The summed E-state index contributed by atoms with van der Waals surface area (Å²) in [5, 5.41) is 5.73. The van der Waals surface area contributed by atoms with Gasteiger partial charge in [0, 0.05) is 19.5 Å². The second kappa shape index (κ2) is 9.80. The van der Waals surface area contributed by atoms with Crippen molar-refractivity contribution in [3.05, 3.63) is 25.5 Å². The van der Waals surface area contributed by atoms with Crippen molar-refractivity contribution in [1.29, 1.82) is 0 Å². The molecule has 80 valence electrons. The van der Waals surface area contributed by atoms with Crippen LogP contribution in [0.15, 0.2) is 25.5 Å². The Bertz CT molecular complexity index is 181. The van der Waals surface area contributed by atoms with Crippen molar-refractivity contribution in [2.75, 3.05) is 19.8 Å². The van der Waals surface area contributed by atoms with Gasteiger partial charge >= 0.3 is 0 Å². The highest BCUT2D eigenvalue weighted by Gasteiger charge is 1.96. The monoisotopic (exact) mass is 198 g/mol. The number of nitrogens with one attached hydrogen (secondary N) is 2. The standard InChI is InChI=1S/C10H18N2O2/c1-3-5-6-10(13)12-8-7-11-9-14-4-2/h3-4,11H,1-2,5-9H2,(H,12,13). The number of carbonyl (C=O) groups excluding carboxylic acids is 1. The Kier molecular flexibility index (Phi) is 8.89. The van der Waals surface area contributed by atoms with Crippen LogP contribution in [0.4, 0.5) is 0 Å². The van der Waals surface area contributed by atoms with E-state index in [1.165, 1.54) is 6.26 Å². The lowest BCUT2D eigenvalue weighted by molar-refractivity contribution is -0.120. The average Bonchev–Trinajstić information content (AvgIpc) is 2.20. The Morgan fingerprint density at radius 3 is 2.79 bits per heavy atom. The first kappa shape index (κ1) is 12.7. The van der Waals surface area contributed by atoms with Crippen LogP contribution in [0.5, 0.6) is 0 Å². The summed E-state index contributed by atoms with van der Waals surface area (Å²) in [6.07, 6.45) is 4.33. The van der Waals surface area contributed by atoms with Gasteiger partial charge in [-0.3, -0.25) is 10.1 Å². The van der Waals surface area contributed by atoms with Crippen LogP contribution in [0.2, 0.25) is 0 Å². The van der Waals surface area contributed by atoms with E-state index in [9.17, 15) is 4.79 Å². The first-order valence-corrected chi connectivity index (χ1v) is 4.62.